The number of hydrogen-bond donors (Lipinski definition) is 1. The fourth-order valence-corrected chi connectivity index (χ4v) is 6.02. The summed E-state index contributed by atoms with van der Waals surface area (Å²) in [5.74, 6) is 6.70. The van der Waals surface area contributed by atoms with Crippen LogP contribution in [-0.4, -0.2) is 64.0 Å². The lowest BCUT2D eigenvalue weighted by atomic mass is 10.0. The number of aryl methyl sites for hydroxylation is 1. The molecule has 2 saturated carbocycles. The molecule has 5 aromatic rings. The molecule has 12 nitrogen and oxygen atoms in total. The summed E-state index contributed by atoms with van der Waals surface area (Å²) in [6, 6.07) is 2.29. The minimum Gasteiger partial charge on any atom is -0.383 e. The molecule has 0 spiro atoms. The molecule has 0 atom stereocenters. The summed E-state index contributed by atoms with van der Waals surface area (Å²) in [6.07, 6.45) is 16.6. The fraction of sp³-hybridized carbons (Fsp3) is 0.286. The summed E-state index contributed by atoms with van der Waals surface area (Å²) in [5, 5.41) is 12.3. The molecule has 0 aliphatic heterocycles. The van der Waals surface area contributed by atoms with Crippen molar-refractivity contribution in [1.82, 2.24) is 43.7 Å². The minimum atomic E-state index is -3.50. The minimum absolute atomic E-state index is 0.174. The molecule has 2 N–H and O–H groups in total. The second-order valence-corrected chi connectivity index (χ2v) is 12.4. The van der Waals surface area contributed by atoms with Gasteiger partial charge < -0.3 is 5.73 Å². The number of rotatable bonds is 8. The summed E-state index contributed by atoms with van der Waals surface area (Å²) < 4.78 is 42.1. The first-order valence-electron chi connectivity index (χ1n) is 13.5. The summed E-state index contributed by atoms with van der Waals surface area (Å²) in [6.45, 7) is -0.331. The Balaban J connectivity index is 1.23. The van der Waals surface area contributed by atoms with Crippen LogP contribution in [-0.2, 0) is 16.6 Å². The van der Waals surface area contributed by atoms with Crippen molar-refractivity contribution in [2.45, 2.75) is 43.5 Å². The van der Waals surface area contributed by atoms with Gasteiger partial charge in [0.15, 0.2) is 5.82 Å². The van der Waals surface area contributed by atoms with E-state index < -0.39 is 16.7 Å². The number of pyridine rings is 1. The van der Waals surface area contributed by atoms with Gasteiger partial charge in [-0.05, 0) is 31.7 Å². The first-order valence-corrected chi connectivity index (χ1v) is 15.0. The van der Waals surface area contributed by atoms with Crippen LogP contribution in [0.2, 0.25) is 0 Å². The molecule has 7 rings (SSSR count). The van der Waals surface area contributed by atoms with E-state index in [0.717, 1.165) is 28.1 Å². The van der Waals surface area contributed by atoms with E-state index >= 15 is 0 Å². The molecule has 0 amide bonds. The van der Waals surface area contributed by atoms with Crippen molar-refractivity contribution in [2.75, 3.05) is 12.4 Å². The molecular weight excluding hydrogens is 559 g/mol. The quantitative estimate of drug-likeness (QED) is 0.271. The Morgan fingerprint density at radius 1 is 0.905 bits per heavy atom. The average Bonchev–Trinajstić information content (AvgIpc) is 3.87. The number of nitrogens with zero attached hydrogens (tertiary/aromatic N) is 9. The van der Waals surface area contributed by atoms with E-state index in [1.165, 1.54) is 17.1 Å². The SMILES string of the molecule is Nc1nc(-c2cnn(S(=O)(=O)C3CC3)c2)ncc1-c1cc(-c2cnn(C3CC3)c2)c(C#Cc2cnn(CCF)c2)cn1. The molecule has 5 heterocycles. The molecule has 14 heteroatoms. The van der Waals surface area contributed by atoms with Crippen molar-refractivity contribution >= 4 is 15.8 Å². The van der Waals surface area contributed by atoms with Crippen LogP contribution in [0.5, 0.6) is 0 Å². The number of alkyl halides is 1. The lowest BCUT2D eigenvalue weighted by Gasteiger charge is -2.09. The molecule has 5 aromatic heterocycles. The van der Waals surface area contributed by atoms with Gasteiger partial charge in [-0.2, -0.15) is 19.4 Å². The zero-order chi connectivity index (χ0) is 28.8. The number of nitrogens with two attached hydrogens (primary N) is 1. The lowest BCUT2D eigenvalue weighted by molar-refractivity contribution is 0.427. The van der Waals surface area contributed by atoms with Crippen LogP contribution in [0.3, 0.4) is 0 Å². The van der Waals surface area contributed by atoms with E-state index in [0.29, 0.717) is 46.8 Å². The maximum Gasteiger partial charge on any atom is 0.256 e. The van der Waals surface area contributed by atoms with Crippen molar-refractivity contribution in [3.63, 3.8) is 0 Å². The summed E-state index contributed by atoms with van der Waals surface area (Å²) in [7, 11) is -3.50. The standard InChI is InChI=1S/C28H25FN10O2S/c29-7-8-37-15-18(10-33-37)1-2-19-11-31-26(9-24(19)20-12-34-38(16-20)22-3-4-22)25-14-32-28(36-27(25)30)21-13-35-39(17-21)42(40,41)23-5-6-23/h9-17,22-23H,3-8H2,(H2,30,32,36). The fourth-order valence-electron chi connectivity index (χ4n) is 4.54. The van der Waals surface area contributed by atoms with E-state index in [1.807, 2.05) is 16.9 Å². The van der Waals surface area contributed by atoms with E-state index in [2.05, 4.69) is 42.1 Å². The van der Waals surface area contributed by atoms with E-state index in [4.69, 9.17) is 5.73 Å². The maximum absolute atomic E-state index is 12.7. The Morgan fingerprint density at radius 3 is 2.50 bits per heavy atom. The third-order valence-electron chi connectivity index (χ3n) is 7.14. The van der Waals surface area contributed by atoms with Gasteiger partial charge in [0.1, 0.15) is 12.5 Å². The first kappa shape index (κ1) is 26.0. The molecule has 42 heavy (non-hydrogen) atoms. The van der Waals surface area contributed by atoms with Crippen LogP contribution < -0.4 is 5.73 Å². The molecule has 2 fully saturated rings. The Morgan fingerprint density at radius 2 is 1.74 bits per heavy atom. The van der Waals surface area contributed by atoms with Gasteiger partial charge in [0.05, 0.1) is 70.6 Å². The van der Waals surface area contributed by atoms with Crippen LogP contribution in [0.25, 0.3) is 33.8 Å². The van der Waals surface area contributed by atoms with Gasteiger partial charge in [0.2, 0.25) is 0 Å². The third kappa shape index (κ3) is 5.03. The average molecular weight is 585 g/mol. The van der Waals surface area contributed by atoms with Gasteiger partial charge in [0, 0.05) is 35.9 Å². The Kier molecular flexibility index (Phi) is 6.31. The summed E-state index contributed by atoms with van der Waals surface area (Å²) in [5.41, 5.74) is 10.9. The van der Waals surface area contributed by atoms with Crippen molar-refractivity contribution in [2.24, 2.45) is 0 Å². The number of aromatic nitrogens is 9. The second kappa shape index (κ2) is 10.2. The van der Waals surface area contributed by atoms with Crippen LogP contribution in [0.1, 0.15) is 42.9 Å². The molecule has 0 bridgehead atoms. The highest BCUT2D eigenvalue weighted by molar-refractivity contribution is 7.90. The number of nitrogen functional groups attached to an aromatic ring is 1. The topological polar surface area (TPSA) is 152 Å². The molecule has 0 saturated heterocycles. The molecule has 2 aliphatic carbocycles. The van der Waals surface area contributed by atoms with E-state index in [1.54, 1.807) is 31.0 Å². The zero-order valence-electron chi connectivity index (χ0n) is 22.3. The van der Waals surface area contributed by atoms with Crippen molar-refractivity contribution in [1.29, 1.82) is 0 Å². The predicted molar refractivity (Wildman–Crippen MR) is 152 cm³/mol. The Bertz CT molecular complexity index is 1980. The van der Waals surface area contributed by atoms with Crippen molar-refractivity contribution in [3.05, 3.63) is 66.8 Å². The highest BCUT2D eigenvalue weighted by atomic mass is 32.2. The number of anilines is 1. The van der Waals surface area contributed by atoms with Gasteiger partial charge in [-0.15, -0.1) is 0 Å². The summed E-state index contributed by atoms with van der Waals surface area (Å²) >= 11 is 0. The number of halogens is 1. The van der Waals surface area contributed by atoms with Gasteiger partial charge in [-0.25, -0.2) is 22.8 Å². The summed E-state index contributed by atoms with van der Waals surface area (Å²) in [4.78, 5) is 13.5. The van der Waals surface area contributed by atoms with Gasteiger partial charge in [0.25, 0.3) is 10.0 Å². The highest BCUT2D eigenvalue weighted by Gasteiger charge is 2.37. The highest BCUT2D eigenvalue weighted by Crippen LogP contribution is 2.36. The second-order valence-electron chi connectivity index (χ2n) is 10.3. The van der Waals surface area contributed by atoms with Crippen LogP contribution in [0.4, 0.5) is 10.2 Å². The van der Waals surface area contributed by atoms with Crippen molar-refractivity contribution in [3.8, 4) is 45.6 Å². The molecule has 0 aromatic carbocycles. The number of hydrogen-bond acceptors (Lipinski definition) is 9. The molecule has 2 aliphatic rings. The van der Waals surface area contributed by atoms with Crippen LogP contribution in [0.15, 0.2) is 55.6 Å². The maximum atomic E-state index is 12.7. The Hall–Kier alpha value is -4.90. The molecule has 0 unspecified atom stereocenters. The predicted octanol–water partition coefficient (Wildman–Crippen LogP) is 3.09. The van der Waals surface area contributed by atoms with Gasteiger partial charge in [-0.3, -0.25) is 14.3 Å². The molecule has 212 valence electrons. The van der Waals surface area contributed by atoms with E-state index in [9.17, 15) is 12.8 Å². The van der Waals surface area contributed by atoms with Gasteiger partial charge in [-0.1, -0.05) is 11.8 Å². The normalized spacial score (nSPS) is 15.0. The Labute approximate surface area is 240 Å². The zero-order valence-corrected chi connectivity index (χ0v) is 23.1. The largest absolute Gasteiger partial charge is 0.383 e. The van der Waals surface area contributed by atoms with Crippen molar-refractivity contribution < 1.29 is 12.8 Å². The van der Waals surface area contributed by atoms with Crippen LogP contribution in [0, 0.1) is 11.8 Å². The molecular formula is C28H25FN10O2S. The first-order chi connectivity index (χ1) is 20.4. The van der Waals surface area contributed by atoms with Gasteiger partial charge >= 0.3 is 0 Å². The smallest absolute Gasteiger partial charge is 0.256 e. The van der Waals surface area contributed by atoms with Crippen LogP contribution >= 0.6 is 0 Å². The van der Waals surface area contributed by atoms with E-state index in [-0.39, 0.29) is 23.4 Å². The lowest BCUT2D eigenvalue weighted by Crippen LogP contribution is -2.17. The molecule has 0 radical (unpaired) electrons. The third-order valence-corrected chi connectivity index (χ3v) is 9.18. The monoisotopic (exact) mass is 584 g/mol.